The number of rotatable bonds is 4. The molecule has 0 saturated carbocycles. The van der Waals surface area contributed by atoms with Crippen LogP contribution in [0.5, 0.6) is 5.75 Å². The van der Waals surface area contributed by atoms with Crippen molar-refractivity contribution in [2.24, 2.45) is 0 Å². The van der Waals surface area contributed by atoms with Gasteiger partial charge in [-0.3, -0.25) is 0 Å². The van der Waals surface area contributed by atoms with Crippen LogP contribution in [0.15, 0.2) is 54.6 Å². The SMILES string of the molecule is Cc1ccccc1O[C@@H](c1ccccc1)[C@H]1CNCCO1. The highest BCUT2D eigenvalue weighted by molar-refractivity contribution is 5.33. The van der Waals surface area contributed by atoms with E-state index in [9.17, 15) is 0 Å². The Morgan fingerprint density at radius 1 is 1.10 bits per heavy atom. The topological polar surface area (TPSA) is 30.5 Å². The lowest BCUT2D eigenvalue weighted by atomic mass is 10.0. The molecule has 0 bridgehead atoms. The summed E-state index contributed by atoms with van der Waals surface area (Å²) in [4.78, 5) is 0. The predicted molar refractivity (Wildman–Crippen MR) is 83.6 cm³/mol. The van der Waals surface area contributed by atoms with Gasteiger partial charge >= 0.3 is 0 Å². The maximum atomic E-state index is 6.31. The van der Waals surface area contributed by atoms with Crippen LogP contribution < -0.4 is 10.1 Å². The van der Waals surface area contributed by atoms with Crippen LogP contribution in [0.25, 0.3) is 0 Å². The molecule has 0 aliphatic carbocycles. The number of ether oxygens (including phenoxy) is 2. The molecule has 1 fully saturated rings. The molecule has 1 saturated heterocycles. The van der Waals surface area contributed by atoms with Crippen LogP contribution >= 0.6 is 0 Å². The second-order valence-electron chi connectivity index (χ2n) is 5.33. The first-order valence-corrected chi connectivity index (χ1v) is 7.44. The number of hydrogen-bond acceptors (Lipinski definition) is 3. The molecule has 0 spiro atoms. The van der Waals surface area contributed by atoms with Gasteiger partial charge in [-0.25, -0.2) is 0 Å². The number of aryl methyl sites for hydroxylation is 1. The van der Waals surface area contributed by atoms with Gasteiger partial charge in [-0.05, 0) is 24.1 Å². The van der Waals surface area contributed by atoms with Gasteiger partial charge in [0.1, 0.15) is 11.9 Å². The van der Waals surface area contributed by atoms with Crippen LogP contribution in [0.3, 0.4) is 0 Å². The number of para-hydroxylation sites is 1. The highest BCUT2D eigenvalue weighted by Gasteiger charge is 2.28. The third-order valence-electron chi connectivity index (χ3n) is 3.77. The van der Waals surface area contributed by atoms with Crippen LogP contribution in [0, 0.1) is 6.92 Å². The minimum Gasteiger partial charge on any atom is -0.483 e. The second kappa shape index (κ2) is 6.74. The van der Waals surface area contributed by atoms with E-state index in [0.29, 0.717) is 0 Å². The summed E-state index contributed by atoms with van der Waals surface area (Å²) in [6.45, 7) is 4.51. The first-order valence-electron chi connectivity index (χ1n) is 7.44. The monoisotopic (exact) mass is 283 g/mol. The van der Waals surface area contributed by atoms with E-state index >= 15 is 0 Å². The Hall–Kier alpha value is -1.84. The molecule has 0 radical (unpaired) electrons. The second-order valence-corrected chi connectivity index (χ2v) is 5.33. The molecular weight excluding hydrogens is 262 g/mol. The zero-order valence-electron chi connectivity index (χ0n) is 12.3. The van der Waals surface area contributed by atoms with Gasteiger partial charge in [0.05, 0.1) is 6.61 Å². The van der Waals surface area contributed by atoms with Gasteiger partial charge in [0.15, 0.2) is 6.10 Å². The summed E-state index contributed by atoms with van der Waals surface area (Å²) >= 11 is 0. The lowest BCUT2D eigenvalue weighted by Crippen LogP contribution is -2.43. The van der Waals surface area contributed by atoms with Crippen LogP contribution in [0.4, 0.5) is 0 Å². The molecule has 1 N–H and O–H groups in total. The Balaban J connectivity index is 1.87. The Morgan fingerprint density at radius 2 is 1.86 bits per heavy atom. The summed E-state index contributed by atoms with van der Waals surface area (Å²) in [5.41, 5.74) is 2.29. The van der Waals surface area contributed by atoms with E-state index < -0.39 is 0 Å². The molecule has 2 aromatic rings. The summed E-state index contributed by atoms with van der Waals surface area (Å²) in [7, 11) is 0. The molecule has 1 aliphatic heterocycles. The lowest BCUT2D eigenvalue weighted by Gasteiger charge is -2.32. The molecule has 3 nitrogen and oxygen atoms in total. The fourth-order valence-corrected chi connectivity index (χ4v) is 2.61. The van der Waals surface area contributed by atoms with Crippen molar-refractivity contribution in [1.82, 2.24) is 5.32 Å². The number of benzene rings is 2. The van der Waals surface area contributed by atoms with E-state index in [2.05, 4.69) is 30.4 Å². The predicted octanol–water partition coefficient (Wildman–Crippen LogP) is 3.10. The molecule has 0 amide bonds. The molecule has 3 heteroatoms. The summed E-state index contributed by atoms with van der Waals surface area (Å²) < 4.78 is 12.2. The Morgan fingerprint density at radius 3 is 2.57 bits per heavy atom. The number of nitrogens with one attached hydrogen (secondary N) is 1. The maximum Gasteiger partial charge on any atom is 0.151 e. The summed E-state index contributed by atoms with van der Waals surface area (Å²) in [6.07, 6.45) is -0.0687. The van der Waals surface area contributed by atoms with Crippen LogP contribution in [0.1, 0.15) is 17.2 Å². The van der Waals surface area contributed by atoms with Crippen molar-refractivity contribution in [2.45, 2.75) is 19.1 Å². The van der Waals surface area contributed by atoms with Crippen molar-refractivity contribution >= 4 is 0 Å². The van der Waals surface area contributed by atoms with Gasteiger partial charge in [-0.15, -0.1) is 0 Å². The van der Waals surface area contributed by atoms with E-state index in [0.717, 1.165) is 36.6 Å². The van der Waals surface area contributed by atoms with Crippen molar-refractivity contribution < 1.29 is 9.47 Å². The molecule has 1 aliphatic rings. The summed E-state index contributed by atoms with van der Waals surface area (Å²) in [5.74, 6) is 0.917. The molecule has 1 heterocycles. The highest BCUT2D eigenvalue weighted by atomic mass is 16.5. The molecule has 2 aromatic carbocycles. The van der Waals surface area contributed by atoms with Crippen molar-refractivity contribution in [1.29, 1.82) is 0 Å². The van der Waals surface area contributed by atoms with Crippen molar-refractivity contribution in [3.8, 4) is 5.75 Å². The largest absolute Gasteiger partial charge is 0.483 e. The molecule has 3 rings (SSSR count). The summed E-state index contributed by atoms with van der Waals surface area (Å²) in [6, 6.07) is 18.4. The van der Waals surface area contributed by atoms with Crippen LogP contribution in [-0.4, -0.2) is 25.8 Å². The molecule has 0 unspecified atom stereocenters. The normalized spacial score (nSPS) is 20.0. The standard InChI is InChI=1S/C18H21NO2/c1-14-7-5-6-10-16(14)21-18(15-8-3-2-4-9-15)17-13-19-11-12-20-17/h2-10,17-19H,11-13H2,1H3/t17-,18+/m1/s1. The Labute approximate surface area is 125 Å². The molecule has 0 aromatic heterocycles. The first-order chi connectivity index (χ1) is 10.3. The van der Waals surface area contributed by atoms with Crippen LogP contribution in [-0.2, 0) is 4.74 Å². The summed E-state index contributed by atoms with van der Waals surface area (Å²) in [5, 5.41) is 3.38. The smallest absolute Gasteiger partial charge is 0.151 e. The Kier molecular flexibility index (Phi) is 4.53. The van der Waals surface area contributed by atoms with E-state index in [-0.39, 0.29) is 12.2 Å². The van der Waals surface area contributed by atoms with E-state index in [1.54, 1.807) is 0 Å². The van der Waals surface area contributed by atoms with E-state index in [4.69, 9.17) is 9.47 Å². The number of hydrogen-bond donors (Lipinski definition) is 1. The Bertz CT molecular complexity index is 564. The number of morpholine rings is 1. The van der Waals surface area contributed by atoms with Crippen LogP contribution in [0.2, 0.25) is 0 Å². The zero-order chi connectivity index (χ0) is 14.5. The van der Waals surface area contributed by atoms with Gasteiger partial charge in [0.2, 0.25) is 0 Å². The molecule has 110 valence electrons. The van der Waals surface area contributed by atoms with Crippen molar-refractivity contribution in [2.75, 3.05) is 19.7 Å². The zero-order valence-corrected chi connectivity index (χ0v) is 12.3. The van der Waals surface area contributed by atoms with Gasteiger partial charge in [-0.1, -0.05) is 48.5 Å². The van der Waals surface area contributed by atoms with Crippen molar-refractivity contribution in [3.05, 3.63) is 65.7 Å². The van der Waals surface area contributed by atoms with E-state index in [1.165, 1.54) is 0 Å². The molecular formula is C18H21NO2. The fourth-order valence-electron chi connectivity index (χ4n) is 2.61. The lowest BCUT2D eigenvalue weighted by molar-refractivity contribution is -0.0434. The molecule has 2 atom stereocenters. The fraction of sp³-hybridized carbons (Fsp3) is 0.333. The highest BCUT2D eigenvalue weighted by Crippen LogP contribution is 2.29. The van der Waals surface area contributed by atoms with Gasteiger partial charge < -0.3 is 14.8 Å². The van der Waals surface area contributed by atoms with Gasteiger partial charge in [0.25, 0.3) is 0 Å². The quantitative estimate of drug-likeness (QED) is 0.935. The van der Waals surface area contributed by atoms with Gasteiger partial charge in [-0.2, -0.15) is 0 Å². The van der Waals surface area contributed by atoms with Crippen molar-refractivity contribution in [3.63, 3.8) is 0 Å². The maximum absolute atomic E-state index is 6.31. The minimum absolute atomic E-state index is 0.0285. The van der Waals surface area contributed by atoms with Gasteiger partial charge in [0, 0.05) is 13.1 Å². The van der Waals surface area contributed by atoms with E-state index in [1.807, 2.05) is 36.4 Å². The average molecular weight is 283 g/mol. The third-order valence-corrected chi connectivity index (χ3v) is 3.77. The first kappa shape index (κ1) is 14.1. The average Bonchev–Trinajstić information content (AvgIpc) is 2.56. The minimum atomic E-state index is -0.0971. The molecule has 21 heavy (non-hydrogen) atoms. The third kappa shape index (κ3) is 3.43.